The fraction of sp³-hybridized carbons (Fsp3) is 0.500. The minimum atomic E-state index is -0.341. The number of hydrogen-bond donors (Lipinski definition) is 0. The fourth-order valence-corrected chi connectivity index (χ4v) is 3.90. The van der Waals surface area contributed by atoms with Crippen molar-refractivity contribution in [2.75, 3.05) is 21.3 Å². The molecule has 31 heavy (non-hydrogen) atoms. The van der Waals surface area contributed by atoms with Gasteiger partial charge in [0.2, 0.25) is 5.75 Å². The van der Waals surface area contributed by atoms with E-state index in [0.717, 1.165) is 25.7 Å². The summed E-state index contributed by atoms with van der Waals surface area (Å²) in [5.74, 6) is 1.37. The Labute approximate surface area is 180 Å². The van der Waals surface area contributed by atoms with Crippen molar-refractivity contribution < 1.29 is 14.2 Å². The van der Waals surface area contributed by atoms with Crippen molar-refractivity contribution in [1.82, 2.24) is 18.9 Å². The number of hydrogen-bond acceptors (Lipinski definition) is 6. The van der Waals surface area contributed by atoms with Gasteiger partial charge in [0.05, 0.1) is 21.3 Å². The summed E-state index contributed by atoms with van der Waals surface area (Å²) >= 11 is 0. The van der Waals surface area contributed by atoms with E-state index >= 15 is 0 Å². The first-order chi connectivity index (χ1) is 14.9. The van der Waals surface area contributed by atoms with Crippen molar-refractivity contribution in [2.24, 2.45) is 14.1 Å². The number of fused-ring (bicyclic) bond motifs is 1. The number of nitrogens with zero attached hydrogens (tertiary/aromatic N) is 4. The van der Waals surface area contributed by atoms with Gasteiger partial charge in [0, 0.05) is 26.2 Å². The molecule has 0 radical (unpaired) electrons. The van der Waals surface area contributed by atoms with Gasteiger partial charge >= 0.3 is 5.69 Å². The summed E-state index contributed by atoms with van der Waals surface area (Å²) < 4.78 is 20.6. The van der Waals surface area contributed by atoms with Crippen molar-refractivity contribution >= 4 is 11.0 Å². The summed E-state index contributed by atoms with van der Waals surface area (Å²) in [6, 6.07) is 3.50. The molecule has 3 aromatic rings. The average Bonchev–Trinajstić information content (AvgIpc) is 3.13. The van der Waals surface area contributed by atoms with Crippen molar-refractivity contribution in [3.05, 3.63) is 33.0 Å². The second-order valence-electron chi connectivity index (χ2n) is 7.44. The molecule has 3 rings (SSSR count). The zero-order chi connectivity index (χ0) is 22.7. The maximum absolute atomic E-state index is 13.4. The molecule has 0 aliphatic heterocycles. The van der Waals surface area contributed by atoms with E-state index in [2.05, 4.69) is 12.0 Å². The molecular weight excluding hydrogens is 400 g/mol. The number of aryl methyl sites for hydroxylation is 2. The van der Waals surface area contributed by atoms with Crippen LogP contribution in [0.4, 0.5) is 0 Å². The van der Waals surface area contributed by atoms with Crippen LogP contribution in [0.1, 0.15) is 32.6 Å². The molecule has 0 amide bonds. The van der Waals surface area contributed by atoms with Crippen LogP contribution < -0.4 is 25.5 Å². The number of unbranched alkanes of at least 4 members (excludes halogenated alkanes) is 3. The highest BCUT2D eigenvalue weighted by Gasteiger charge is 2.23. The minimum absolute atomic E-state index is 0.339. The summed E-state index contributed by atoms with van der Waals surface area (Å²) in [5, 5.41) is 4.96. The van der Waals surface area contributed by atoms with Gasteiger partial charge < -0.3 is 14.2 Å². The zero-order valence-corrected chi connectivity index (χ0v) is 19.0. The summed E-state index contributed by atoms with van der Waals surface area (Å²) in [5.41, 5.74) is 0.872. The van der Waals surface area contributed by atoms with E-state index in [1.54, 1.807) is 30.9 Å². The Balaban J connectivity index is 2.27. The summed E-state index contributed by atoms with van der Waals surface area (Å²) in [4.78, 5) is 26.3. The van der Waals surface area contributed by atoms with E-state index in [0.29, 0.717) is 46.1 Å². The van der Waals surface area contributed by atoms with Gasteiger partial charge in [0.15, 0.2) is 11.5 Å². The van der Waals surface area contributed by atoms with Gasteiger partial charge in [-0.15, -0.1) is 0 Å². The van der Waals surface area contributed by atoms with E-state index < -0.39 is 0 Å². The molecule has 0 aliphatic carbocycles. The van der Waals surface area contributed by atoms with Crippen molar-refractivity contribution in [3.8, 4) is 28.5 Å². The zero-order valence-electron chi connectivity index (χ0n) is 19.0. The van der Waals surface area contributed by atoms with Crippen molar-refractivity contribution in [3.63, 3.8) is 0 Å². The first-order valence-electron chi connectivity index (χ1n) is 10.4. The predicted molar refractivity (Wildman–Crippen MR) is 119 cm³/mol. The quantitative estimate of drug-likeness (QED) is 0.485. The van der Waals surface area contributed by atoms with Crippen LogP contribution in [0.15, 0.2) is 21.7 Å². The van der Waals surface area contributed by atoms with Crippen LogP contribution in [0, 0.1) is 0 Å². The summed E-state index contributed by atoms with van der Waals surface area (Å²) in [6.07, 6.45) is 3.89. The van der Waals surface area contributed by atoms with Crippen LogP contribution in [-0.4, -0.2) is 40.2 Å². The Morgan fingerprint density at radius 1 is 0.935 bits per heavy atom. The monoisotopic (exact) mass is 430 g/mol. The van der Waals surface area contributed by atoms with Gasteiger partial charge in [-0.2, -0.15) is 5.10 Å². The molecule has 168 valence electrons. The molecule has 0 fully saturated rings. The molecule has 9 heteroatoms. The molecule has 0 unspecified atom stereocenters. The summed E-state index contributed by atoms with van der Waals surface area (Å²) in [7, 11) is 7.97. The Hall–Kier alpha value is -3.23. The molecule has 0 atom stereocenters. The van der Waals surface area contributed by atoms with E-state index in [9.17, 15) is 9.59 Å². The first kappa shape index (κ1) is 22.5. The molecule has 9 nitrogen and oxygen atoms in total. The average molecular weight is 431 g/mol. The lowest BCUT2D eigenvalue weighted by Gasteiger charge is -2.13. The van der Waals surface area contributed by atoms with Crippen LogP contribution >= 0.6 is 0 Å². The molecule has 0 N–H and O–H groups in total. The SMILES string of the molecule is CCCCCCn1c(=O)c2c(-c3cc(OC)c(OC)c(OC)c3)nn(C)c2n(C)c1=O. The second-order valence-corrected chi connectivity index (χ2v) is 7.44. The number of aromatic nitrogens is 4. The smallest absolute Gasteiger partial charge is 0.332 e. The van der Waals surface area contributed by atoms with E-state index in [4.69, 9.17) is 14.2 Å². The fourth-order valence-electron chi connectivity index (χ4n) is 3.90. The molecule has 0 aliphatic rings. The van der Waals surface area contributed by atoms with Crippen LogP contribution in [0.2, 0.25) is 0 Å². The van der Waals surface area contributed by atoms with E-state index in [1.807, 2.05) is 0 Å². The Kier molecular flexibility index (Phi) is 6.72. The highest BCUT2D eigenvalue weighted by molar-refractivity contribution is 5.91. The standard InChI is InChI=1S/C22H30N4O5/c1-7-8-9-10-11-26-21(27)17-18(23-25(3)20(17)24(2)22(26)28)14-12-15(29-4)19(31-6)16(13-14)30-5/h12-13H,7-11H2,1-6H3. The van der Waals surface area contributed by atoms with Gasteiger partial charge in [-0.05, 0) is 18.6 Å². The third-order valence-electron chi connectivity index (χ3n) is 5.48. The molecule has 0 saturated heterocycles. The van der Waals surface area contributed by atoms with E-state index in [1.165, 1.54) is 30.5 Å². The molecule has 0 saturated carbocycles. The summed E-state index contributed by atoms with van der Waals surface area (Å²) in [6.45, 7) is 2.50. The molecule has 1 aromatic carbocycles. The van der Waals surface area contributed by atoms with Gasteiger partial charge in [0.25, 0.3) is 5.56 Å². The molecule has 2 heterocycles. The Bertz CT molecular complexity index is 1180. The minimum Gasteiger partial charge on any atom is -0.493 e. The molecule has 2 aromatic heterocycles. The van der Waals surface area contributed by atoms with Crippen molar-refractivity contribution in [1.29, 1.82) is 0 Å². The van der Waals surface area contributed by atoms with Crippen LogP contribution in [0.3, 0.4) is 0 Å². The lowest BCUT2D eigenvalue weighted by atomic mass is 10.1. The van der Waals surface area contributed by atoms with Crippen molar-refractivity contribution in [2.45, 2.75) is 39.2 Å². The first-order valence-corrected chi connectivity index (χ1v) is 10.4. The number of ether oxygens (including phenoxy) is 3. The molecular formula is C22H30N4O5. The maximum atomic E-state index is 13.4. The third kappa shape index (κ3) is 3.92. The highest BCUT2D eigenvalue weighted by Crippen LogP contribution is 2.41. The maximum Gasteiger partial charge on any atom is 0.332 e. The van der Waals surface area contributed by atoms with Gasteiger partial charge in [-0.25, -0.2) is 4.79 Å². The Morgan fingerprint density at radius 3 is 2.13 bits per heavy atom. The van der Waals surface area contributed by atoms with Crippen LogP contribution in [0.25, 0.3) is 22.3 Å². The topological polar surface area (TPSA) is 89.5 Å². The van der Waals surface area contributed by atoms with E-state index in [-0.39, 0.29) is 11.2 Å². The normalized spacial score (nSPS) is 11.2. The highest BCUT2D eigenvalue weighted by atomic mass is 16.5. The predicted octanol–water partition coefficient (Wildman–Crippen LogP) is 2.71. The lowest BCUT2D eigenvalue weighted by Crippen LogP contribution is -2.39. The van der Waals surface area contributed by atoms with Gasteiger partial charge in [-0.3, -0.25) is 18.6 Å². The largest absolute Gasteiger partial charge is 0.493 e. The third-order valence-corrected chi connectivity index (χ3v) is 5.48. The van der Waals surface area contributed by atoms with Gasteiger partial charge in [-0.1, -0.05) is 26.2 Å². The van der Waals surface area contributed by atoms with Gasteiger partial charge in [0.1, 0.15) is 16.7 Å². The number of rotatable bonds is 9. The van der Waals surface area contributed by atoms with Crippen LogP contribution in [-0.2, 0) is 20.6 Å². The number of benzene rings is 1. The number of methoxy groups -OCH3 is 3. The molecule has 0 bridgehead atoms. The second kappa shape index (κ2) is 9.28. The molecule has 0 spiro atoms. The lowest BCUT2D eigenvalue weighted by molar-refractivity contribution is 0.324. The van der Waals surface area contributed by atoms with Crippen LogP contribution in [0.5, 0.6) is 17.2 Å². The Morgan fingerprint density at radius 2 is 1.58 bits per heavy atom.